The van der Waals surface area contributed by atoms with E-state index in [1.807, 2.05) is 19.1 Å². The second-order valence-corrected chi connectivity index (χ2v) is 10.4. The third-order valence-electron chi connectivity index (χ3n) is 7.51. The minimum absolute atomic E-state index is 0.0557. The number of nitrogens with zero attached hydrogens (tertiary/aromatic N) is 4. The summed E-state index contributed by atoms with van der Waals surface area (Å²) in [6.45, 7) is 11.9. The summed E-state index contributed by atoms with van der Waals surface area (Å²) in [5.41, 5.74) is 6.93. The Bertz CT molecular complexity index is 1260. The summed E-state index contributed by atoms with van der Waals surface area (Å²) in [4.78, 5) is 18.4. The molecule has 0 bridgehead atoms. The Morgan fingerprint density at radius 3 is 2.32 bits per heavy atom. The fraction of sp³-hybridized carbons (Fsp3) is 0.375. The SMILES string of the molecule is CCOc1ccc([C@@H]2CC(c3ccc(C)cc3C)=NN2C(=O)CN2CCN(Cc3ccccc3)CC2)cc1. The first-order valence-corrected chi connectivity index (χ1v) is 13.7. The Hall–Kier alpha value is -3.48. The van der Waals surface area contributed by atoms with Crippen LogP contribution in [0.4, 0.5) is 0 Å². The summed E-state index contributed by atoms with van der Waals surface area (Å²) in [6.07, 6.45) is 0.703. The topological polar surface area (TPSA) is 48.4 Å². The van der Waals surface area contributed by atoms with Gasteiger partial charge in [-0.25, -0.2) is 5.01 Å². The number of hydrogen-bond acceptors (Lipinski definition) is 5. The summed E-state index contributed by atoms with van der Waals surface area (Å²) in [6, 6.07) is 25.0. The van der Waals surface area contributed by atoms with Crippen LogP contribution < -0.4 is 4.74 Å². The zero-order chi connectivity index (χ0) is 26.5. The molecule has 0 spiro atoms. The summed E-state index contributed by atoms with van der Waals surface area (Å²) >= 11 is 0. The van der Waals surface area contributed by atoms with Gasteiger partial charge >= 0.3 is 0 Å². The number of carbonyl (C=O) groups excluding carboxylic acids is 1. The Morgan fingerprint density at radius 2 is 1.63 bits per heavy atom. The molecule has 198 valence electrons. The molecule has 2 aliphatic rings. The van der Waals surface area contributed by atoms with E-state index >= 15 is 0 Å². The van der Waals surface area contributed by atoms with Crippen LogP contribution in [0.5, 0.6) is 5.75 Å². The number of piperazine rings is 1. The highest BCUT2D eigenvalue weighted by atomic mass is 16.5. The minimum Gasteiger partial charge on any atom is -0.494 e. The van der Waals surface area contributed by atoms with E-state index in [1.165, 1.54) is 16.7 Å². The van der Waals surface area contributed by atoms with Crippen molar-refractivity contribution in [2.24, 2.45) is 5.10 Å². The van der Waals surface area contributed by atoms with Gasteiger partial charge in [0.1, 0.15) is 5.75 Å². The minimum atomic E-state index is -0.117. The zero-order valence-corrected chi connectivity index (χ0v) is 22.8. The highest BCUT2D eigenvalue weighted by Gasteiger charge is 2.34. The molecule has 0 aromatic heterocycles. The molecular weight excluding hydrogens is 472 g/mol. The molecular formula is C32H38N4O2. The van der Waals surface area contributed by atoms with Crippen LogP contribution in [0.25, 0.3) is 0 Å². The van der Waals surface area contributed by atoms with Gasteiger partial charge in [-0.2, -0.15) is 5.10 Å². The van der Waals surface area contributed by atoms with Crippen molar-refractivity contribution in [2.45, 2.75) is 39.8 Å². The molecule has 38 heavy (non-hydrogen) atoms. The Labute approximate surface area is 226 Å². The molecule has 1 amide bonds. The Morgan fingerprint density at radius 1 is 0.921 bits per heavy atom. The van der Waals surface area contributed by atoms with E-state index < -0.39 is 0 Å². The lowest BCUT2D eigenvalue weighted by atomic mass is 9.95. The van der Waals surface area contributed by atoms with Gasteiger partial charge in [0.2, 0.25) is 0 Å². The fourth-order valence-electron chi connectivity index (χ4n) is 5.46. The first-order chi connectivity index (χ1) is 18.5. The lowest BCUT2D eigenvalue weighted by molar-refractivity contribution is -0.134. The molecule has 0 saturated carbocycles. The monoisotopic (exact) mass is 510 g/mol. The van der Waals surface area contributed by atoms with Gasteiger partial charge in [-0.05, 0) is 49.6 Å². The summed E-state index contributed by atoms with van der Waals surface area (Å²) in [5.74, 6) is 0.899. The number of benzene rings is 3. The zero-order valence-electron chi connectivity index (χ0n) is 22.8. The average molecular weight is 511 g/mol. The molecule has 0 unspecified atom stereocenters. The molecule has 1 fully saturated rings. The van der Waals surface area contributed by atoms with Gasteiger partial charge in [0.25, 0.3) is 5.91 Å². The van der Waals surface area contributed by atoms with Crippen LogP contribution in [0.2, 0.25) is 0 Å². The van der Waals surface area contributed by atoms with Crippen molar-refractivity contribution in [3.63, 3.8) is 0 Å². The maximum Gasteiger partial charge on any atom is 0.257 e. The predicted molar refractivity (Wildman–Crippen MR) is 152 cm³/mol. The molecule has 6 heteroatoms. The predicted octanol–water partition coefficient (Wildman–Crippen LogP) is 5.20. The van der Waals surface area contributed by atoms with Gasteiger partial charge < -0.3 is 4.74 Å². The van der Waals surface area contributed by atoms with Crippen LogP contribution >= 0.6 is 0 Å². The highest BCUT2D eigenvalue weighted by molar-refractivity contribution is 6.04. The second kappa shape index (κ2) is 11.9. The third kappa shape index (κ3) is 6.14. The van der Waals surface area contributed by atoms with Crippen molar-refractivity contribution in [1.29, 1.82) is 0 Å². The molecule has 6 nitrogen and oxygen atoms in total. The molecule has 3 aromatic rings. The molecule has 3 aromatic carbocycles. The first kappa shape index (κ1) is 26.1. The van der Waals surface area contributed by atoms with E-state index in [2.05, 4.69) is 84.3 Å². The van der Waals surface area contributed by atoms with Crippen LogP contribution in [0, 0.1) is 13.8 Å². The van der Waals surface area contributed by atoms with Crippen LogP contribution in [-0.4, -0.2) is 65.8 Å². The number of rotatable bonds is 8. The van der Waals surface area contributed by atoms with Gasteiger partial charge in [0, 0.05) is 44.7 Å². The van der Waals surface area contributed by atoms with E-state index in [0.29, 0.717) is 19.6 Å². The fourth-order valence-corrected chi connectivity index (χ4v) is 5.46. The molecule has 5 rings (SSSR count). The van der Waals surface area contributed by atoms with E-state index in [0.717, 1.165) is 55.3 Å². The number of hydrazone groups is 1. The Kier molecular flexibility index (Phi) is 8.20. The second-order valence-electron chi connectivity index (χ2n) is 10.4. The van der Waals surface area contributed by atoms with Crippen molar-refractivity contribution in [1.82, 2.24) is 14.8 Å². The van der Waals surface area contributed by atoms with Crippen molar-refractivity contribution < 1.29 is 9.53 Å². The van der Waals surface area contributed by atoms with Crippen LogP contribution in [0.1, 0.15) is 47.2 Å². The Balaban J connectivity index is 1.29. The number of hydrogen-bond donors (Lipinski definition) is 0. The number of amides is 1. The molecule has 0 aliphatic carbocycles. The lowest BCUT2D eigenvalue weighted by Crippen LogP contribution is -2.49. The van der Waals surface area contributed by atoms with Gasteiger partial charge in [0.05, 0.1) is 24.9 Å². The summed E-state index contributed by atoms with van der Waals surface area (Å²) in [5, 5.41) is 6.67. The van der Waals surface area contributed by atoms with Crippen LogP contribution in [0.15, 0.2) is 77.9 Å². The third-order valence-corrected chi connectivity index (χ3v) is 7.51. The average Bonchev–Trinajstić information content (AvgIpc) is 3.36. The van der Waals surface area contributed by atoms with Gasteiger partial charge in [0.15, 0.2) is 0 Å². The largest absolute Gasteiger partial charge is 0.494 e. The molecule has 1 saturated heterocycles. The van der Waals surface area contributed by atoms with Gasteiger partial charge in [-0.1, -0.05) is 66.2 Å². The highest BCUT2D eigenvalue weighted by Crippen LogP contribution is 2.34. The van der Waals surface area contributed by atoms with E-state index in [-0.39, 0.29) is 11.9 Å². The standard InChI is InChI=1S/C32H38N4O2/c1-4-38-28-13-11-27(12-14-28)31-21-30(29-15-10-24(2)20-25(29)3)33-36(31)32(37)23-35-18-16-34(17-19-35)22-26-8-6-5-7-9-26/h5-15,20,31H,4,16-19,21-23H2,1-3H3/t31-/m0/s1. The van der Waals surface area contributed by atoms with Crippen molar-refractivity contribution in [3.05, 3.63) is 101 Å². The first-order valence-electron chi connectivity index (χ1n) is 13.7. The number of ether oxygens (including phenoxy) is 1. The molecule has 2 heterocycles. The number of aryl methyl sites for hydroxylation is 2. The summed E-state index contributed by atoms with van der Waals surface area (Å²) in [7, 11) is 0. The van der Waals surface area contributed by atoms with E-state index in [1.54, 1.807) is 5.01 Å². The van der Waals surface area contributed by atoms with Crippen LogP contribution in [-0.2, 0) is 11.3 Å². The lowest BCUT2D eigenvalue weighted by Gasteiger charge is -2.35. The van der Waals surface area contributed by atoms with Gasteiger partial charge in [-0.3, -0.25) is 14.6 Å². The maximum absolute atomic E-state index is 13.7. The van der Waals surface area contributed by atoms with Gasteiger partial charge in [-0.15, -0.1) is 0 Å². The normalized spacial score (nSPS) is 18.4. The van der Waals surface area contributed by atoms with Crippen molar-refractivity contribution >= 4 is 11.6 Å². The van der Waals surface area contributed by atoms with Crippen molar-refractivity contribution in [2.75, 3.05) is 39.3 Å². The van der Waals surface area contributed by atoms with Crippen molar-refractivity contribution in [3.8, 4) is 5.75 Å². The molecule has 0 N–H and O–H groups in total. The molecule has 2 aliphatic heterocycles. The molecule has 0 radical (unpaired) electrons. The smallest absolute Gasteiger partial charge is 0.257 e. The van der Waals surface area contributed by atoms with E-state index in [4.69, 9.17) is 9.84 Å². The van der Waals surface area contributed by atoms with E-state index in [9.17, 15) is 4.79 Å². The van der Waals surface area contributed by atoms with Crippen LogP contribution in [0.3, 0.4) is 0 Å². The quantitative estimate of drug-likeness (QED) is 0.418. The number of carbonyl (C=O) groups is 1. The molecule has 1 atom stereocenters. The maximum atomic E-state index is 13.7. The summed E-state index contributed by atoms with van der Waals surface area (Å²) < 4.78 is 5.64.